The lowest BCUT2D eigenvalue weighted by molar-refractivity contribution is -0.125. The van der Waals surface area contributed by atoms with Crippen LogP contribution in [-0.2, 0) is 16.1 Å². The number of carbonyl (C=O) groups is 1. The lowest BCUT2D eigenvalue weighted by atomic mass is 9.46. The van der Waals surface area contributed by atoms with Crippen molar-refractivity contribution in [3.8, 4) is 12.3 Å². The fourth-order valence-corrected chi connectivity index (χ4v) is 7.88. The number of aromatic nitrogens is 2. The monoisotopic (exact) mass is 478 g/mol. The number of carbonyl (C=O) groups excluding carboxylic acids is 1. The van der Waals surface area contributed by atoms with Crippen molar-refractivity contribution in [2.75, 3.05) is 13.2 Å². The summed E-state index contributed by atoms with van der Waals surface area (Å²) in [5.41, 5.74) is 2.46. The van der Waals surface area contributed by atoms with Crippen molar-refractivity contribution in [1.29, 1.82) is 0 Å². The average Bonchev–Trinajstić information content (AvgIpc) is 3.45. The van der Waals surface area contributed by atoms with Gasteiger partial charge in [-0.2, -0.15) is 0 Å². The topological polar surface area (TPSA) is 99.6 Å². The summed E-state index contributed by atoms with van der Waals surface area (Å²) in [6.45, 7) is 5.14. The Morgan fingerprint density at radius 3 is 2.89 bits per heavy atom. The van der Waals surface area contributed by atoms with Crippen LogP contribution in [0.15, 0.2) is 29.3 Å². The van der Waals surface area contributed by atoms with E-state index in [2.05, 4.69) is 46.3 Å². The molecule has 0 saturated heterocycles. The van der Waals surface area contributed by atoms with Gasteiger partial charge in [0.05, 0.1) is 12.0 Å². The van der Waals surface area contributed by atoms with E-state index in [1.54, 1.807) is 12.5 Å². The van der Waals surface area contributed by atoms with E-state index in [1.165, 1.54) is 5.57 Å². The van der Waals surface area contributed by atoms with Crippen molar-refractivity contribution in [3.63, 3.8) is 0 Å². The largest absolute Gasteiger partial charge is 0.385 e. The first-order valence-electron chi connectivity index (χ1n) is 13.1. The van der Waals surface area contributed by atoms with Crippen LogP contribution in [-0.4, -0.2) is 45.4 Å². The highest BCUT2D eigenvalue weighted by atomic mass is 16.6. The van der Waals surface area contributed by atoms with E-state index in [1.807, 2.05) is 0 Å². The molecule has 3 fully saturated rings. The van der Waals surface area contributed by atoms with E-state index in [0.29, 0.717) is 30.7 Å². The van der Waals surface area contributed by atoms with Crippen LogP contribution in [0.2, 0.25) is 0 Å². The molecule has 1 aromatic rings. The second kappa shape index (κ2) is 9.13. The molecule has 4 aliphatic rings. The number of oxime groups is 1. The first-order valence-corrected chi connectivity index (χ1v) is 13.1. The second-order valence-electron chi connectivity index (χ2n) is 11.5. The number of fused-ring (bicyclic) bond motifs is 5. The molecule has 0 bridgehead atoms. The summed E-state index contributed by atoms with van der Waals surface area (Å²) < 4.78 is 0. The van der Waals surface area contributed by atoms with Gasteiger partial charge in [0.2, 0.25) is 0 Å². The summed E-state index contributed by atoms with van der Waals surface area (Å²) in [5.74, 6) is 4.36. The van der Waals surface area contributed by atoms with E-state index in [-0.39, 0.29) is 23.3 Å². The number of nitrogens with zero attached hydrogens (tertiary/aromatic N) is 2. The van der Waals surface area contributed by atoms with Crippen LogP contribution in [0.3, 0.4) is 0 Å². The Morgan fingerprint density at radius 1 is 1.29 bits per heavy atom. The molecule has 3 saturated carbocycles. The van der Waals surface area contributed by atoms with Crippen LogP contribution in [0.25, 0.3) is 0 Å². The van der Waals surface area contributed by atoms with Crippen LogP contribution in [0.4, 0.5) is 0 Å². The zero-order chi connectivity index (χ0) is 24.7. The van der Waals surface area contributed by atoms with Gasteiger partial charge in [0.1, 0.15) is 5.60 Å². The summed E-state index contributed by atoms with van der Waals surface area (Å²) in [7, 11) is 0. The lowest BCUT2D eigenvalue weighted by Crippen LogP contribution is -2.54. The molecular weight excluding hydrogens is 440 g/mol. The molecule has 35 heavy (non-hydrogen) atoms. The van der Waals surface area contributed by atoms with Crippen LogP contribution in [0.5, 0.6) is 0 Å². The molecule has 4 aliphatic carbocycles. The van der Waals surface area contributed by atoms with Gasteiger partial charge in [0.15, 0.2) is 6.61 Å². The van der Waals surface area contributed by atoms with Crippen molar-refractivity contribution < 1.29 is 14.7 Å². The van der Waals surface area contributed by atoms with Crippen molar-refractivity contribution in [2.45, 2.75) is 77.2 Å². The SMILES string of the molecule is C#C[C@@]1(O)CC[C@@H]2[C@H]3CCC4=C/C(=N/OCC(=O)NCCc5cnc[nH]5)CC[C@]4(C)[C@@H]3CC[C@@]21C. The summed E-state index contributed by atoms with van der Waals surface area (Å²) in [4.78, 5) is 24.5. The van der Waals surface area contributed by atoms with Gasteiger partial charge in [-0.1, -0.05) is 30.5 Å². The number of aliphatic hydroxyl groups is 1. The number of aromatic amines is 1. The van der Waals surface area contributed by atoms with Gasteiger partial charge in [0.25, 0.3) is 5.91 Å². The van der Waals surface area contributed by atoms with Crippen LogP contribution in [0.1, 0.15) is 70.9 Å². The summed E-state index contributed by atoms with van der Waals surface area (Å²) in [5, 5.41) is 18.3. The Morgan fingerprint density at radius 2 is 2.11 bits per heavy atom. The molecule has 0 spiro atoms. The Kier molecular flexibility index (Phi) is 6.29. The van der Waals surface area contributed by atoms with Crippen molar-refractivity contribution in [1.82, 2.24) is 15.3 Å². The predicted molar refractivity (Wildman–Crippen MR) is 134 cm³/mol. The first-order chi connectivity index (χ1) is 16.8. The number of terminal acetylenes is 1. The standard InChI is InChI=1S/C28H38N4O3/c1-4-28(34)13-9-24-22-6-5-19-15-20(7-11-26(19,2)23(22)8-12-27(24,28)3)32-35-17-25(33)30-14-10-21-16-29-18-31-21/h1,15-16,18,22-24,34H,5-14,17H2,2-3H3,(H,29,31)(H,30,33)/b32-20+/t22-,23+,24+,26-,27-,28+/m0/s1. The van der Waals surface area contributed by atoms with Gasteiger partial charge in [-0.25, -0.2) is 4.98 Å². The van der Waals surface area contributed by atoms with E-state index >= 15 is 0 Å². The maximum Gasteiger partial charge on any atom is 0.260 e. The normalized spacial score (nSPS) is 39.1. The molecule has 7 nitrogen and oxygen atoms in total. The Labute approximate surface area is 208 Å². The number of hydrogen-bond acceptors (Lipinski definition) is 5. The third-order valence-electron chi connectivity index (χ3n) is 10.0. The van der Waals surface area contributed by atoms with Gasteiger partial charge < -0.3 is 20.2 Å². The zero-order valence-corrected chi connectivity index (χ0v) is 21.0. The highest BCUT2D eigenvalue weighted by Crippen LogP contribution is 2.67. The summed E-state index contributed by atoms with van der Waals surface area (Å²) in [6.07, 6.45) is 20.2. The minimum atomic E-state index is -0.950. The molecule has 5 rings (SSSR count). The van der Waals surface area contributed by atoms with E-state index in [9.17, 15) is 9.90 Å². The smallest absolute Gasteiger partial charge is 0.260 e. The Bertz CT molecular complexity index is 1060. The first kappa shape index (κ1) is 24.1. The molecule has 1 aromatic heterocycles. The molecule has 0 aliphatic heterocycles. The van der Waals surface area contributed by atoms with Crippen LogP contribution < -0.4 is 5.32 Å². The van der Waals surface area contributed by atoms with Gasteiger partial charge in [-0.3, -0.25) is 4.79 Å². The quantitative estimate of drug-likeness (QED) is 0.428. The van der Waals surface area contributed by atoms with Crippen molar-refractivity contribution in [2.24, 2.45) is 33.7 Å². The molecule has 0 unspecified atom stereocenters. The Hall–Kier alpha value is -2.59. The third-order valence-corrected chi connectivity index (χ3v) is 10.0. The minimum Gasteiger partial charge on any atom is -0.385 e. The fourth-order valence-electron chi connectivity index (χ4n) is 7.88. The molecule has 0 aromatic carbocycles. The Balaban J connectivity index is 1.19. The minimum absolute atomic E-state index is 0.0734. The van der Waals surface area contributed by atoms with Crippen molar-refractivity contribution in [3.05, 3.63) is 29.9 Å². The average molecular weight is 479 g/mol. The highest BCUT2D eigenvalue weighted by Gasteiger charge is 2.63. The van der Waals surface area contributed by atoms with Crippen molar-refractivity contribution >= 4 is 11.6 Å². The number of amides is 1. The van der Waals surface area contributed by atoms with E-state index in [0.717, 1.165) is 62.8 Å². The number of H-pyrrole nitrogens is 1. The molecule has 1 amide bonds. The molecular formula is C28H38N4O3. The number of imidazole rings is 1. The molecule has 0 radical (unpaired) electrons. The molecule has 188 valence electrons. The fraction of sp³-hybridized carbons (Fsp3) is 0.679. The molecule has 6 atom stereocenters. The van der Waals surface area contributed by atoms with Gasteiger partial charge in [-0.15, -0.1) is 6.42 Å². The number of nitrogens with one attached hydrogen (secondary N) is 2. The summed E-state index contributed by atoms with van der Waals surface area (Å²) >= 11 is 0. The van der Waals surface area contributed by atoms with Gasteiger partial charge in [-0.05, 0) is 80.6 Å². The van der Waals surface area contributed by atoms with Crippen LogP contribution in [0, 0.1) is 40.9 Å². The lowest BCUT2D eigenvalue weighted by Gasteiger charge is -2.58. The molecule has 3 N–H and O–H groups in total. The maximum atomic E-state index is 12.1. The van der Waals surface area contributed by atoms with Gasteiger partial charge >= 0.3 is 0 Å². The number of hydrogen-bond donors (Lipinski definition) is 3. The number of allylic oxidation sites excluding steroid dienone is 2. The predicted octanol–water partition coefficient (Wildman–Crippen LogP) is 3.77. The van der Waals surface area contributed by atoms with Crippen LogP contribution >= 0.6 is 0 Å². The third kappa shape index (κ3) is 4.10. The summed E-state index contributed by atoms with van der Waals surface area (Å²) in [6, 6.07) is 0. The zero-order valence-electron chi connectivity index (χ0n) is 21.0. The number of rotatable bonds is 6. The van der Waals surface area contributed by atoms with Gasteiger partial charge in [0, 0.05) is 30.3 Å². The molecule has 1 heterocycles. The van der Waals surface area contributed by atoms with E-state index < -0.39 is 5.60 Å². The maximum absolute atomic E-state index is 12.1. The highest BCUT2D eigenvalue weighted by molar-refractivity contribution is 5.96. The van der Waals surface area contributed by atoms with E-state index in [4.69, 9.17) is 11.3 Å². The second-order valence-corrected chi connectivity index (χ2v) is 11.5. The molecule has 7 heteroatoms.